The van der Waals surface area contributed by atoms with Gasteiger partial charge in [-0.05, 0) is 44.2 Å². The Kier molecular flexibility index (Phi) is 7.10. The standard InChI is InChI=1S/C16H29N3O/c1-6-13-12(9-10-17)14(7-2)19-16(18-13)15(11(4)5)20-8-3/h11,15H,6-10,17H2,1-5H3. The summed E-state index contributed by atoms with van der Waals surface area (Å²) in [4.78, 5) is 9.53. The largest absolute Gasteiger partial charge is 0.370 e. The lowest BCUT2D eigenvalue weighted by Crippen LogP contribution is -2.19. The summed E-state index contributed by atoms with van der Waals surface area (Å²) in [5.74, 6) is 1.20. The van der Waals surface area contributed by atoms with Crippen LogP contribution in [0.4, 0.5) is 0 Å². The van der Waals surface area contributed by atoms with Gasteiger partial charge < -0.3 is 10.5 Å². The van der Waals surface area contributed by atoms with Crippen LogP contribution in [-0.4, -0.2) is 23.1 Å². The Bertz CT molecular complexity index is 393. The van der Waals surface area contributed by atoms with Crippen LogP contribution in [0.15, 0.2) is 0 Å². The van der Waals surface area contributed by atoms with Crippen LogP contribution in [0.3, 0.4) is 0 Å². The smallest absolute Gasteiger partial charge is 0.157 e. The van der Waals surface area contributed by atoms with Crippen molar-refractivity contribution in [3.8, 4) is 0 Å². The third-order valence-electron chi connectivity index (χ3n) is 3.47. The average molecular weight is 279 g/mol. The molecule has 1 aromatic heterocycles. The topological polar surface area (TPSA) is 61.0 Å². The molecule has 0 aliphatic rings. The Hall–Kier alpha value is -1.00. The van der Waals surface area contributed by atoms with Crippen LogP contribution in [0.5, 0.6) is 0 Å². The van der Waals surface area contributed by atoms with Crippen LogP contribution in [0, 0.1) is 5.92 Å². The van der Waals surface area contributed by atoms with Gasteiger partial charge in [-0.2, -0.15) is 0 Å². The van der Waals surface area contributed by atoms with E-state index in [-0.39, 0.29) is 6.10 Å². The fourth-order valence-electron chi connectivity index (χ4n) is 2.49. The van der Waals surface area contributed by atoms with E-state index in [1.165, 1.54) is 5.56 Å². The molecule has 0 bridgehead atoms. The molecule has 2 N–H and O–H groups in total. The molecule has 0 saturated carbocycles. The Labute approximate surface area is 123 Å². The molecule has 4 nitrogen and oxygen atoms in total. The van der Waals surface area contributed by atoms with E-state index < -0.39 is 0 Å². The van der Waals surface area contributed by atoms with E-state index in [4.69, 9.17) is 20.4 Å². The molecule has 114 valence electrons. The predicted molar refractivity (Wildman–Crippen MR) is 82.8 cm³/mol. The first-order valence-electron chi connectivity index (χ1n) is 7.79. The third kappa shape index (κ3) is 4.00. The summed E-state index contributed by atoms with van der Waals surface area (Å²) in [7, 11) is 0. The quantitative estimate of drug-likeness (QED) is 0.795. The normalized spacial score (nSPS) is 12.9. The van der Waals surface area contributed by atoms with Crippen molar-refractivity contribution in [1.29, 1.82) is 0 Å². The second-order valence-electron chi connectivity index (χ2n) is 5.32. The maximum Gasteiger partial charge on any atom is 0.157 e. The summed E-state index contributed by atoms with van der Waals surface area (Å²) < 4.78 is 5.84. The number of hydrogen-bond donors (Lipinski definition) is 1. The van der Waals surface area contributed by atoms with Crippen molar-refractivity contribution in [3.63, 3.8) is 0 Å². The van der Waals surface area contributed by atoms with Crippen LogP contribution in [0.2, 0.25) is 0 Å². The molecule has 0 radical (unpaired) electrons. The Morgan fingerprint density at radius 2 is 1.60 bits per heavy atom. The van der Waals surface area contributed by atoms with Gasteiger partial charge in [0.05, 0.1) is 0 Å². The van der Waals surface area contributed by atoms with Gasteiger partial charge in [-0.15, -0.1) is 0 Å². The van der Waals surface area contributed by atoms with Crippen LogP contribution in [0.1, 0.15) is 63.5 Å². The van der Waals surface area contributed by atoms with E-state index in [1.807, 2.05) is 6.92 Å². The molecule has 0 amide bonds. The molecule has 20 heavy (non-hydrogen) atoms. The van der Waals surface area contributed by atoms with Crippen LogP contribution < -0.4 is 5.73 Å². The van der Waals surface area contributed by atoms with Crippen molar-refractivity contribution in [2.45, 2.75) is 60.0 Å². The summed E-state index contributed by atoms with van der Waals surface area (Å²) in [5, 5.41) is 0. The van der Waals surface area contributed by atoms with Gasteiger partial charge in [0, 0.05) is 18.0 Å². The summed E-state index contributed by atoms with van der Waals surface area (Å²) >= 11 is 0. The zero-order valence-electron chi connectivity index (χ0n) is 13.6. The second-order valence-corrected chi connectivity index (χ2v) is 5.32. The van der Waals surface area contributed by atoms with Crippen molar-refractivity contribution < 1.29 is 4.74 Å². The summed E-state index contributed by atoms with van der Waals surface area (Å²) in [6, 6.07) is 0. The van der Waals surface area contributed by atoms with Gasteiger partial charge in [-0.25, -0.2) is 9.97 Å². The van der Waals surface area contributed by atoms with Crippen molar-refractivity contribution in [2.24, 2.45) is 11.7 Å². The molecular formula is C16H29N3O. The number of aryl methyl sites for hydroxylation is 2. The maximum absolute atomic E-state index is 5.84. The monoisotopic (exact) mass is 279 g/mol. The summed E-state index contributed by atoms with van der Waals surface area (Å²) in [6.07, 6.45) is 2.65. The minimum absolute atomic E-state index is 0.0254. The average Bonchev–Trinajstić information content (AvgIpc) is 2.44. The molecule has 0 aliphatic carbocycles. The number of rotatable bonds is 8. The molecule has 0 aliphatic heterocycles. The fourth-order valence-corrected chi connectivity index (χ4v) is 2.49. The van der Waals surface area contributed by atoms with E-state index in [2.05, 4.69) is 27.7 Å². The molecule has 0 saturated heterocycles. The van der Waals surface area contributed by atoms with Gasteiger partial charge in [-0.1, -0.05) is 27.7 Å². The van der Waals surface area contributed by atoms with Crippen LogP contribution >= 0.6 is 0 Å². The molecule has 1 atom stereocenters. The van der Waals surface area contributed by atoms with Crippen molar-refractivity contribution in [2.75, 3.05) is 13.2 Å². The number of aromatic nitrogens is 2. The molecule has 1 unspecified atom stereocenters. The molecule has 4 heteroatoms. The highest BCUT2D eigenvalue weighted by atomic mass is 16.5. The van der Waals surface area contributed by atoms with Crippen molar-refractivity contribution >= 4 is 0 Å². The molecule has 0 fully saturated rings. The SMILES string of the molecule is CCOC(c1nc(CC)c(CCN)c(CC)n1)C(C)C. The van der Waals surface area contributed by atoms with Gasteiger partial charge >= 0.3 is 0 Å². The van der Waals surface area contributed by atoms with Crippen LogP contribution in [0.25, 0.3) is 0 Å². The van der Waals surface area contributed by atoms with E-state index >= 15 is 0 Å². The lowest BCUT2D eigenvalue weighted by molar-refractivity contribution is 0.0229. The lowest BCUT2D eigenvalue weighted by atomic mass is 10.0. The highest BCUT2D eigenvalue weighted by Crippen LogP contribution is 2.25. The van der Waals surface area contributed by atoms with E-state index in [0.717, 1.165) is 36.5 Å². The first kappa shape index (κ1) is 17.1. The Balaban J connectivity index is 3.27. The van der Waals surface area contributed by atoms with Gasteiger partial charge in [0.1, 0.15) is 6.10 Å². The number of nitrogens with two attached hydrogens (primary N) is 1. The fraction of sp³-hybridized carbons (Fsp3) is 0.750. The summed E-state index contributed by atoms with van der Waals surface area (Å²) in [6.45, 7) is 11.9. The molecule has 1 heterocycles. The number of nitrogens with zero attached hydrogens (tertiary/aromatic N) is 2. The van der Waals surface area contributed by atoms with Gasteiger partial charge in [0.15, 0.2) is 5.82 Å². The predicted octanol–water partition coefficient (Wildman–Crippen LogP) is 2.84. The number of ether oxygens (including phenoxy) is 1. The molecule has 0 spiro atoms. The Morgan fingerprint density at radius 3 is 1.95 bits per heavy atom. The van der Waals surface area contributed by atoms with Gasteiger partial charge in [0.2, 0.25) is 0 Å². The van der Waals surface area contributed by atoms with Crippen LogP contribution in [-0.2, 0) is 24.0 Å². The van der Waals surface area contributed by atoms with E-state index in [0.29, 0.717) is 19.1 Å². The second kappa shape index (κ2) is 8.32. The summed E-state index contributed by atoms with van der Waals surface area (Å²) in [5.41, 5.74) is 9.21. The van der Waals surface area contributed by atoms with Crippen molar-refractivity contribution in [3.05, 3.63) is 22.8 Å². The third-order valence-corrected chi connectivity index (χ3v) is 3.47. The van der Waals surface area contributed by atoms with Crippen molar-refractivity contribution in [1.82, 2.24) is 9.97 Å². The highest BCUT2D eigenvalue weighted by Gasteiger charge is 2.22. The van der Waals surface area contributed by atoms with E-state index in [9.17, 15) is 0 Å². The zero-order chi connectivity index (χ0) is 15.1. The minimum Gasteiger partial charge on any atom is -0.370 e. The molecular weight excluding hydrogens is 250 g/mol. The van der Waals surface area contributed by atoms with Gasteiger partial charge in [0.25, 0.3) is 0 Å². The lowest BCUT2D eigenvalue weighted by Gasteiger charge is -2.22. The highest BCUT2D eigenvalue weighted by molar-refractivity contribution is 5.27. The number of hydrogen-bond acceptors (Lipinski definition) is 4. The first-order chi connectivity index (χ1) is 9.58. The molecule has 1 rings (SSSR count). The van der Waals surface area contributed by atoms with Gasteiger partial charge in [-0.3, -0.25) is 0 Å². The Morgan fingerprint density at radius 1 is 1.05 bits per heavy atom. The van der Waals surface area contributed by atoms with E-state index in [1.54, 1.807) is 0 Å². The molecule has 0 aromatic carbocycles. The zero-order valence-corrected chi connectivity index (χ0v) is 13.6. The molecule has 1 aromatic rings. The minimum atomic E-state index is -0.0254. The maximum atomic E-state index is 5.84. The first-order valence-corrected chi connectivity index (χ1v) is 7.79.